The second-order valence-corrected chi connectivity index (χ2v) is 5.87. The second-order valence-electron chi connectivity index (χ2n) is 5.10. The van der Waals surface area contributed by atoms with Crippen LogP contribution in [-0.2, 0) is 9.53 Å². The predicted molar refractivity (Wildman–Crippen MR) is 90.3 cm³/mol. The monoisotopic (exact) mass is 382 g/mol. The summed E-state index contributed by atoms with van der Waals surface area (Å²) < 4.78 is 15.5. The number of esters is 1. The van der Waals surface area contributed by atoms with Gasteiger partial charge in [-0.05, 0) is 25.1 Å². The van der Waals surface area contributed by atoms with Crippen molar-refractivity contribution in [3.63, 3.8) is 0 Å². The van der Waals surface area contributed by atoms with Crippen molar-refractivity contribution < 1.29 is 23.8 Å². The van der Waals surface area contributed by atoms with Crippen LogP contribution >= 0.6 is 23.2 Å². The Hall–Kier alpha value is -2.51. The van der Waals surface area contributed by atoms with Crippen LogP contribution in [0, 0.1) is 0 Å². The molecule has 0 spiro atoms. The zero-order valence-corrected chi connectivity index (χ0v) is 14.4. The molecule has 9 heteroatoms. The molecule has 2 aromatic rings. The molecule has 0 fully saturated rings. The van der Waals surface area contributed by atoms with Crippen LogP contribution in [0.15, 0.2) is 30.5 Å². The SMILES string of the molecule is C[C@H](OC(=O)c1cnc(Cl)c(Cl)c1)C(=O)Nc1ccc2c(c1)OCO2. The molecule has 0 saturated carbocycles. The first-order chi connectivity index (χ1) is 11.9. The van der Waals surface area contributed by atoms with Crippen molar-refractivity contribution in [2.45, 2.75) is 13.0 Å². The van der Waals surface area contributed by atoms with Crippen LogP contribution in [-0.4, -0.2) is 29.8 Å². The Morgan fingerprint density at radius 3 is 2.76 bits per heavy atom. The number of pyridine rings is 1. The molecule has 1 aliphatic rings. The van der Waals surface area contributed by atoms with Gasteiger partial charge >= 0.3 is 5.97 Å². The summed E-state index contributed by atoms with van der Waals surface area (Å²) >= 11 is 11.5. The molecule has 25 heavy (non-hydrogen) atoms. The van der Waals surface area contributed by atoms with Crippen molar-refractivity contribution in [1.29, 1.82) is 0 Å². The van der Waals surface area contributed by atoms with Gasteiger partial charge in [0.1, 0.15) is 5.15 Å². The number of anilines is 1. The minimum atomic E-state index is -1.03. The highest BCUT2D eigenvalue weighted by Crippen LogP contribution is 2.34. The Kier molecular flexibility index (Phi) is 4.96. The molecule has 3 rings (SSSR count). The molecule has 7 nitrogen and oxygen atoms in total. The standard InChI is InChI=1S/C16H12Cl2N2O5/c1-8(25-16(22)9-4-11(17)14(18)19-6-9)15(21)20-10-2-3-12-13(5-10)24-7-23-12/h2-6,8H,7H2,1H3,(H,20,21)/t8-/m0/s1. The number of fused-ring (bicyclic) bond motifs is 1. The van der Waals surface area contributed by atoms with Gasteiger partial charge in [0.2, 0.25) is 6.79 Å². The summed E-state index contributed by atoms with van der Waals surface area (Å²) in [6, 6.07) is 6.28. The third kappa shape index (κ3) is 3.94. The van der Waals surface area contributed by atoms with E-state index >= 15 is 0 Å². The topological polar surface area (TPSA) is 86.8 Å². The maximum atomic E-state index is 12.2. The maximum Gasteiger partial charge on any atom is 0.340 e. The average Bonchev–Trinajstić information content (AvgIpc) is 3.04. The molecule has 0 bridgehead atoms. The molecule has 0 unspecified atom stereocenters. The van der Waals surface area contributed by atoms with Gasteiger partial charge in [0.25, 0.3) is 5.91 Å². The zero-order valence-electron chi connectivity index (χ0n) is 12.9. The van der Waals surface area contributed by atoms with Gasteiger partial charge in [-0.25, -0.2) is 9.78 Å². The second kappa shape index (κ2) is 7.16. The molecule has 0 radical (unpaired) electrons. The Morgan fingerprint density at radius 2 is 2.00 bits per heavy atom. The summed E-state index contributed by atoms with van der Waals surface area (Å²) in [4.78, 5) is 28.0. The number of carbonyl (C=O) groups is 2. The van der Waals surface area contributed by atoms with E-state index in [9.17, 15) is 9.59 Å². The van der Waals surface area contributed by atoms with Gasteiger partial charge in [-0.2, -0.15) is 0 Å². The van der Waals surface area contributed by atoms with Gasteiger partial charge in [-0.15, -0.1) is 0 Å². The first kappa shape index (κ1) is 17.3. The Labute approximate surface area is 152 Å². The van der Waals surface area contributed by atoms with Gasteiger partial charge in [0.15, 0.2) is 17.6 Å². The molecule has 1 aliphatic heterocycles. The van der Waals surface area contributed by atoms with Gasteiger partial charge in [0, 0.05) is 18.0 Å². The minimum Gasteiger partial charge on any atom is -0.454 e. The third-order valence-electron chi connectivity index (χ3n) is 3.33. The van der Waals surface area contributed by atoms with Gasteiger partial charge in [-0.1, -0.05) is 23.2 Å². The van der Waals surface area contributed by atoms with Crippen LogP contribution in [0.1, 0.15) is 17.3 Å². The Morgan fingerprint density at radius 1 is 1.24 bits per heavy atom. The summed E-state index contributed by atoms with van der Waals surface area (Å²) in [5.41, 5.74) is 0.588. The van der Waals surface area contributed by atoms with Crippen molar-refractivity contribution in [3.05, 3.63) is 46.2 Å². The van der Waals surface area contributed by atoms with E-state index in [1.54, 1.807) is 18.2 Å². The lowest BCUT2D eigenvalue weighted by Gasteiger charge is -2.14. The fourth-order valence-corrected chi connectivity index (χ4v) is 2.30. The van der Waals surface area contributed by atoms with Crippen LogP contribution in [0.25, 0.3) is 0 Å². The zero-order chi connectivity index (χ0) is 18.0. The molecule has 1 N–H and O–H groups in total. The number of carbonyl (C=O) groups excluding carboxylic acids is 2. The fraction of sp³-hybridized carbons (Fsp3) is 0.188. The molecule has 130 valence electrons. The molecule has 1 atom stereocenters. The number of hydrogen-bond donors (Lipinski definition) is 1. The average molecular weight is 383 g/mol. The smallest absolute Gasteiger partial charge is 0.340 e. The van der Waals surface area contributed by atoms with E-state index in [2.05, 4.69) is 10.3 Å². The number of rotatable bonds is 4. The number of nitrogens with one attached hydrogen (secondary N) is 1. The lowest BCUT2D eigenvalue weighted by molar-refractivity contribution is -0.123. The molecule has 2 heterocycles. The predicted octanol–water partition coefficient (Wildman–Crippen LogP) is 3.30. The van der Waals surface area contributed by atoms with Crippen molar-refractivity contribution in [2.24, 2.45) is 0 Å². The van der Waals surface area contributed by atoms with E-state index in [-0.39, 0.29) is 22.5 Å². The minimum absolute atomic E-state index is 0.0758. The number of nitrogens with zero attached hydrogens (tertiary/aromatic N) is 1. The van der Waals surface area contributed by atoms with Gasteiger partial charge in [0.05, 0.1) is 10.6 Å². The van der Waals surface area contributed by atoms with E-state index in [1.807, 2.05) is 0 Å². The summed E-state index contributed by atoms with van der Waals surface area (Å²) in [5.74, 6) is -0.103. The summed E-state index contributed by atoms with van der Waals surface area (Å²) in [6.07, 6.45) is 0.186. The number of amides is 1. The summed E-state index contributed by atoms with van der Waals surface area (Å²) in [7, 11) is 0. The van der Waals surface area contributed by atoms with Crippen LogP contribution in [0.2, 0.25) is 10.2 Å². The number of halogens is 2. The summed E-state index contributed by atoms with van der Waals surface area (Å²) in [6.45, 7) is 1.59. The van der Waals surface area contributed by atoms with E-state index in [0.29, 0.717) is 17.2 Å². The highest BCUT2D eigenvalue weighted by Gasteiger charge is 2.21. The van der Waals surface area contributed by atoms with Crippen molar-refractivity contribution in [3.8, 4) is 11.5 Å². The van der Waals surface area contributed by atoms with E-state index < -0.39 is 18.0 Å². The number of benzene rings is 1. The molecule has 0 saturated heterocycles. The van der Waals surface area contributed by atoms with Crippen LogP contribution in [0.5, 0.6) is 11.5 Å². The van der Waals surface area contributed by atoms with Crippen LogP contribution < -0.4 is 14.8 Å². The fourth-order valence-electron chi connectivity index (χ4n) is 2.03. The molecule has 0 aliphatic carbocycles. The lowest BCUT2D eigenvalue weighted by Crippen LogP contribution is -2.30. The number of aromatic nitrogens is 1. The molecule has 1 aromatic heterocycles. The largest absolute Gasteiger partial charge is 0.454 e. The lowest BCUT2D eigenvalue weighted by atomic mass is 10.2. The van der Waals surface area contributed by atoms with E-state index in [0.717, 1.165) is 0 Å². The first-order valence-electron chi connectivity index (χ1n) is 7.16. The van der Waals surface area contributed by atoms with Gasteiger partial charge in [-0.3, -0.25) is 4.79 Å². The molecule has 1 amide bonds. The Bertz CT molecular complexity index is 843. The molecule has 1 aromatic carbocycles. The van der Waals surface area contributed by atoms with Crippen molar-refractivity contribution in [1.82, 2.24) is 4.98 Å². The van der Waals surface area contributed by atoms with Crippen LogP contribution in [0.3, 0.4) is 0 Å². The number of hydrogen-bond acceptors (Lipinski definition) is 6. The molecular weight excluding hydrogens is 371 g/mol. The highest BCUT2D eigenvalue weighted by atomic mass is 35.5. The van der Waals surface area contributed by atoms with Crippen LogP contribution in [0.4, 0.5) is 5.69 Å². The van der Waals surface area contributed by atoms with Crippen molar-refractivity contribution >= 4 is 40.8 Å². The quantitative estimate of drug-likeness (QED) is 0.644. The normalized spacial score (nSPS) is 13.2. The van der Waals surface area contributed by atoms with E-state index in [1.165, 1.54) is 19.2 Å². The van der Waals surface area contributed by atoms with E-state index in [4.69, 9.17) is 37.4 Å². The molecular formula is C16H12Cl2N2O5. The van der Waals surface area contributed by atoms with Crippen molar-refractivity contribution in [2.75, 3.05) is 12.1 Å². The Balaban J connectivity index is 1.62. The highest BCUT2D eigenvalue weighted by molar-refractivity contribution is 6.41. The maximum absolute atomic E-state index is 12.2. The summed E-state index contributed by atoms with van der Waals surface area (Å²) in [5, 5.41) is 2.83. The number of ether oxygens (including phenoxy) is 3. The van der Waals surface area contributed by atoms with Gasteiger partial charge < -0.3 is 19.5 Å². The third-order valence-corrected chi connectivity index (χ3v) is 4.01. The first-order valence-corrected chi connectivity index (χ1v) is 7.92.